The molecule has 0 radical (unpaired) electrons. The minimum atomic E-state index is -0.568. The molecule has 6 heteroatoms. The molecule has 6 nitrogen and oxygen atoms in total. The molecule has 1 N–H and O–H groups in total. The number of rotatable bonds is 7. The first kappa shape index (κ1) is 20.2. The van der Waals surface area contributed by atoms with Gasteiger partial charge in [0, 0.05) is 31.9 Å². The number of hydrogen-bond acceptors (Lipinski definition) is 5. The van der Waals surface area contributed by atoms with Crippen LogP contribution in [-0.2, 0) is 14.3 Å². The molecule has 2 rings (SSSR count). The number of carbonyl (C=O) groups excluding carboxylic acids is 2. The standard InChI is InChI=1S/C20H31N3O3/c1-15(2)12-18(20(25)26-4)21-19(24)14-22-8-10-23(11-9-22)17-7-5-6-16(3)13-17/h5-7,13,15,18H,8-12,14H2,1-4H3,(H,21,24). The molecule has 1 fully saturated rings. The normalized spacial score (nSPS) is 16.4. The van der Waals surface area contributed by atoms with Crippen molar-refractivity contribution in [3.05, 3.63) is 29.8 Å². The van der Waals surface area contributed by atoms with Crippen LogP contribution in [0.5, 0.6) is 0 Å². The van der Waals surface area contributed by atoms with Gasteiger partial charge in [0.2, 0.25) is 5.91 Å². The molecule has 0 aromatic heterocycles. The number of ether oxygens (including phenoxy) is 1. The molecule has 1 saturated heterocycles. The van der Waals surface area contributed by atoms with Crippen LogP contribution >= 0.6 is 0 Å². The van der Waals surface area contributed by atoms with Gasteiger partial charge >= 0.3 is 5.97 Å². The van der Waals surface area contributed by atoms with Gasteiger partial charge < -0.3 is 15.0 Å². The fraction of sp³-hybridized carbons (Fsp3) is 0.600. The number of nitrogens with zero attached hydrogens (tertiary/aromatic N) is 2. The van der Waals surface area contributed by atoms with E-state index in [1.807, 2.05) is 13.8 Å². The predicted molar refractivity (Wildman–Crippen MR) is 103 cm³/mol. The number of esters is 1. The number of carbonyl (C=O) groups is 2. The molecule has 1 aliphatic heterocycles. The highest BCUT2D eigenvalue weighted by atomic mass is 16.5. The molecule has 1 heterocycles. The van der Waals surface area contributed by atoms with Crippen LogP contribution in [0.15, 0.2) is 24.3 Å². The lowest BCUT2D eigenvalue weighted by Gasteiger charge is -2.36. The van der Waals surface area contributed by atoms with Crippen LogP contribution in [-0.4, -0.2) is 62.7 Å². The Morgan fingerprint density at radius 3 is 2.46 bits per heavy atom. The van der Waals surface area contributed by atoms with Gasteiger partial charge in [-0.05, 0) is 37.0 Å². The minimum Gasteiger partial charge on any atom is -0.467 e. The van der Waals surface area contributed by atoms with Gasteiger partial charge in [-0.25, -0.2) is 4.79 Å². The summed E-state index contributed by atoms with van der Waals surface area (Å²) in [6.07, 6.45) is 0.583. The highest BCUT2D eigenvalue weighted by Crippen LogP contribution is 2.17. The molecule has 0 aliphatic carbocycles. The quantitative estimate of drug-likeness (QED) is 0.751. The molecular formula is C20H31N3O3. The summed E-state index contributed by atoms with van der Waals surface area (Å²) in [4.78, 5) is 28.7. The highest BCUT2D eigenvalue weighted by Gasteiger charge is 2.25. The van der Waals surface area contributed by atoms with Crippen molar-refractivity contribution in [2.24, 2.45) is 5.92 Å². The number of hydrogen-bond donors (Lipinski definition) is 1. The third kappa shape index (κ3) is 6.02. The Morgan fingerprint density at radius 1 is 1.19 bits per heavy atom. The van der Waals surface area contributed by atoms with E-state index in [1.165, 1.54) is 18.4 Å². The topological polar surface area (TPSA) is 61.9 Å². The number of amides is 1. The largest absolute Gasteiger partial charge is 0.467 e. The number of piperazine rings is 1. The molecule has 0 bridgehead atoms. The number of methoxy groups -OCH3 is 1. The molecule has 0 spiro atoms. The van der Waals surface area contributed by atoms with Crippen molar-refractivity contribution in [1.29, 1.82) is 0 Å². The molecule has 144 valence electrons. The Morgan fingerprint density at radius 2 is 1.88 bits per heavy atom. The zero-order valence-electron chi connectivity index (χ0n) is 16.3. The van der Waals surface area contributed by atoms with Gasteiger partial charge in [0.05, 0.1) is 13.7 Å². The van der Waals surface area contributed by atoms with Crippen LogP contribution in [0.3, 0.4) is 0 Å². The second-order valence-electron chi connectivity index (χ2n) is 7.38. The lowest BCUT2D eigenvalue weighted by atomic mass is 10.0. The van der Waals surface area contributed by atoms with Gasteiger partial charge in [-0.1, -0.05) is 26.0 Å². The Bertz CT molecular complexity index is 610. The molecule has 1 aliphatic rings. The van der Waals surface area contributed by atoms with Crippen molar-refractivity contribution in [3.8, 4) is 0 Å². The second-order valence-corrected chi connectivity index (χ2v) is 7.38. The number of nitrogens with one attached hydrogen (secondary N) is 1. The average molecular weight is 361 g/mol. The number of anilines is 1. The Labute approximate surface area is 156 Å². The maximum absolute atomic E-state index is 12.3. The zero-order chi connectivity index (χ0) is 19.1. The van der Waals surface area contributed by atoms with E-state index < -0.39 is 6.04 Å². The maximum Gasteiger partial charge on any atom is 0.328 e. The van der Waals surface area contributed by atoms with Crippen molar-refractivity contribution in [2.45, 2.75) is 33.2 Å². The van der Waals surface area contributed by atoms with E-state index >= 15 is 0 Å². The van der Waals surface area contributed by atoms with Crippen molar-refractivity contribution < 1.29 is 14.3 Å². The summed E-state index contributed by atoms with van der Waals surface area (Å²) in [5, 5.41) is 2.83. The lowest BCUT2D eigenvalue weighted by Crippen LogP contribution is -2.51. The van der Waals surface area contributed by atoms with Gasteiger partial charge in [0.1, 0.15) is 6.04 Å². The monoisotopic (exact) mass is 361 g/mol. The molecular weight excluding hydrogens is 330 g/mol. The third-order valence-corrected chi connectivity index (χ3v) is 4.63. The first-order valence-corrected chi connectivity index (χ1v) is 9.30. The highest BCUT2D eigenvalue weighted by molar-refractivity contribution is 5.85. The summed E-state index contributed by atoms with van der Waals surface area (Å²) in [5.74, 6) is -0.196. The molecule has 1 atom stereocenters. The summed E-state index contributed by atoms with van der Waals surface area (Å²) < 4.78 is 4.80. The lowest BCUT2D eigenvalue weighted by molar-refractivity contribution is -0.145. The van der Waals surface area contributed by atoms with E-state index in [0.29, 0.717) is 18.9 Å². The summed E-state index contributed by atoms with van der Waals surface area (Å²) in [6.45, 7) is 9.89. The van der Waals surface area contributed by atoms with Crippen molar-refractivity contribution in [1.82, 2.24) is 10.2 Å². The molecule has 26 heavy (non-hydrogen) atoms. The van der Waals surface area contributed by atoms with Crippen LogP contribution in [0.4, 0.5) is 5.69 Å². The average Bonchev–Trinajstić information content (AvgIpc) is 2.60. The minimum absolute atomic E-state index is 0.120. The SMILES string of the molecule is COC(=O)C(CC(C)C)NC(=O)CN1CCN(c2cccc(C)c2)CC1. The van der Waals surface area contributed by atoms with E-state index in [0.717, 1.165) is 26.2 Å². The summed E-state index contributed by atoms with van der Waals surface area (Å²) in [7, 11) is 1.35. The Hall–Kier alpha value is -2.08. The molecule has 1 amide bonds. The van der Waals surface area contributed by atoms with Gasteiger partial charge in [-0.3, -0.25) is 9.69 Å². The van der Waals surface area contributed by atoms with Crippen LogP contribution in [0.1, 0.15) is 25.8 Å². The van der Waals surface area contributed by atoms with E-state index in [9.17, 15) is 9.59 Å². The summed E-state index contributed by atoms with van der Waals surface area (Å²) >= 11 is 0. The van der Waals surface area contributed by atoms with E-state index in [1.54, 1.807) is 0 Å². The van der Waals surface area contributed by atoms with Gasteiger partial charge in [0.15, 0.2) is 0 Å². The zero-order valence-corrected chi connectivity index (χ0v) is 16.3. The first-order chi connectivity index (χ1) is 12.4. The Kier molecular flexibility index (Phi) is 7.45. The fourth-order valence-electron chi connectivity index (χ4n) is 3.26. The van der Waals surface area contributed by atoms with Gasteiger partial charge in [-0.2, -0.15) is 0 Å². The predicted octanol–water partition coefficient (Wildman–Crippen LogP) is 1.82. The maximum atomic E-state index is 12.3. The van der Waals surface area contributed by atoms with Crippen LogP contribution in [0.2, 0.25) is 0 Å². The molecule has 1 aromatic rings. The van der Waals surface area contributed by atoms with E-state index in [-0.39, 0.29) is 11.9 Å². The van der Waals surface area contributed by atoms with Crippen molar-refractivity contribution >= 4 is 17.6 Å². The van der Waals surface area contributed by atoms with Crippen LogP contribution < -0.4 is 10.2 Å². The van der Waals surface area contributed by atoms with Crippen LogP contribution in [0, 0.1) is 12.8 Å². The molecule has 1 unspecified atom stereocenters. The summed E-state index contributed by atoms with van der Waals surface area (Å²) in [6, 6.07) is 7.92. The van der Waals surface area contributed by atoms with Crippen molar-refractivity contribution in [2.75, 3.05) is 44.7 Å². The van der Waals surface area contributed by atoms with Crippen LogP contribution in [0.25, 0.3) is 0 Å². The number of aryl methyl sites for hydroxylation is 1. The van der Waals surface area contributed by atoms with E-state index in [4.69, 9.17) is 4.74 Å². The first-order valence-electron chi connectivity index (χ1n) is 9.30. The molecule has 0 saturated carbocycles. The van der Waals surface area contributed by atoms with Gasteiger partial charge in [-0.15, -0.1) is 0 Å². The smallest absolute Gasteiger partial charge is 0.328 e. The third-order valence-electron chi connectivity index (χ3n) is 4.63. The fourth-order valence-corrected chi connectivity index (χ4v) is 3.26. The Balaban J connectivity index is 1.82. The molecule has 1 aromatic carbocycles. The summed E-state index contributed by atoms with van der Waals surface area (Å²) in [5.41, 5.74) is 2.49. The van der Waals surface area contributed by atoms with E-state index in [2.05, 4.69) is 46.3 Å². The van der Waals surface area contributed by atoms with Gasteiger partial charge in [0.25, 0.3) is 0 Å². The number of benzene rings is 1. The second kappa shape index (κ2) is 9.57. The van der Waals surface area contributed by atoms with Crippen molar-refractivity contribution in [3.63, 3.8) is 0 Å².